The molecule has 0 saturated heterocycles. The lowest BCUT2D eigenvalue weighted by molar-refractivity contribution is -0.137. The summed E-state index contributed by atoms with van der Waals surface area (Å²) in [5.41, 5.74) is 3.75. The third kappa shape index (κ3) is 4.96. The van der Waals surface area contributed by atoms with Gasteiger partial charge in [0.2, 0.25) is 11.9 Å². The molecule has 0 atom stereocenters. The van der Waals surface area contributed by atoms with Crippen LogP contribution in [0.1, 0.15) is 16.7 Å². The van der Waals surface area contributed by atoms with Gasteiger partial charge in [-0.1, -0.05) is 30.3 Å². The van der Waals surface area contributed by atoms with Gasteiger partial charge in [-0.25, -0.2) is 9.97 Å². The van der Waals surface area contributed by atoms with Crippen molar-refractivity contribution in [3.05, 3.63) is 96.1 Å². The number of pyridine rings is 1. The quantitative estimate of drug-likeness (QED) is 0.281. The topological polar surface area (TPSA) is 98.4 Å². The summed E-state index contributed by atoms with van der Waals surface area (Å²) in [6, 6.07) is 16.6. The monoisotopic (exact) mass is 529 g/mol. The normalized spacial score (nSPS) is 11.8. The van der Waals surface area contributed by atoms with Gasteiger partial charge in [0, 0.05) is 26.0 Å². The smallest absolute Gasteiger partial charge is 0.364 e. The van der Waals surface area contributed by atoms with Crippen LogP contribution in [0.3, 0.4) is 0 Å². The van der Waals surface area contributed by atoms with Gasteiger partial charge < -0.3 is 14.5 Å². The lowest BCUT2D eigenvalue weighted by Gasteiger charge is -2.11. The van der Waals surface area contributed by atoms with Crippen LogP contribution in [0.4, 0.5) is 30.9 Å². The summed E-state index contributed by atoms with van der Waals surface area (Å²) in [6.07, 6.45) is 0.672. The van der Waals surface area contributed by atoms with Crippen molar-refractivity contribution in [1.29, 1.82) is 0 Å². The Labute approximate surface area is 220 Å². The van der Waals surface area contributed by atoms with Crippen LogP contribution in [0.15, 0.2) is 79.4 Å². The molecule has 0 radical (unpaired) electrons. The highest BCUT2D eigenvalue weighted by molar-refractivity contribution is 5.85. The highest BCUT2D eigenvalue weighted by atomic mass is 19.4. The fraction of sp³-hybridized carbons (Fsp3) is 0.148. The van der Waals surface area contributed by atoms with Crippen LogP contribution >= 0.6 is 0 Å². The van der Waals surface area contributed by atoms with E-state index in [0.29, 0.717) is 41.0 Å². The molecule has 0 fully saturated rings. The number of aromatic nitrogens is 7. The molecule has 0 unspecified atom stereocenters. The maximum absolute atomic E-state index is 13.0. The lowest BCUT2D eigenvalue weighted by atomic mass is 10.1. The molecule has 12 heteroatoms. The molecule has 6 rings (SSSR count). The average Bonchev–Trinajstić information content (AvgIpc) is 3.48. The zero-order valence-electron chi connectivity index (χ0n) is 20.7. The van der Waals surface area contributed by atoms with Gasteiger partial charge in [-0.2, -0.15) is 23.1 Å². The van der Waals surface area contributed by atoms with Crippen molar-refractivity contribution < 1.29 is 13.2 Å². The minimum atomic E-state index is -4.39. The van der Waals surface area contributed by atoms with Gasteiger partial charge in [0.1, 0.15) is 0 Å². The Morgan fingerprint density at radius 3 is 2.46 bits per heavy atom. The maximum atomic E-state index is 13.0. The first kappa shape index (κ1) is 24.3. The number of aryl methyl sites for hydroxylation is 1. The van der Waals surface area contributed by atoms with Gasteiger partial charge in [0.25, 0.3) is 0 Å². The van der Waals surface area contributed by atoms with Crippen molar-refractivity contribution in [3.8, 4) is 0 Å². The van der Waals surface area contributed by atoms with Crippen molar-refractivity contribution in [1.82, 2.24) is 34.1 Å². The molecule has 6 aromatic rings. The van der Waals surface area contributed by atoms with Gasteiger partial charge in [0.05, 0.1) is 29.5 Å². The molecule has 2 aromatic carbocycles. The van der Waals surface area contributed by atoms with Crippen molar-refractivity contribution >= 4 is 39.9 Å². The van der Waals surface area contributed by atoms with E-state index in [2.05, 4.69) is 30.6 Å². The number of alkyl halides is 3. The molecule has 196 valence electrons. The number of rotatable bonds is 7. The third-order valence-corrected chi connectivity index (χ3v) is 6.29. The van der Waals surface area contributed by atoms with E-state index >= 15 is 0 Å². The van der Waals surface area contributed by atoms with Gasteiger partial charge in [-0.3, -0.25) is 10.3 Å². The molecule has 4 aromatic heterocycles. The summed E-state index contributed by atoms with van der Waals surface area (Å²) in [4.78, 5) is 22.7. The molecule has 9 nitrogen and oxygen atoms in total. The Kier molecular flexibility index (Phi) is 6.06. The van der Waals surface area contributed by atoms with Crippen molar-refractivity contribution in [2.24, 2.45) is 7.05 Å². The zero-order chi connectivity index (χ0) is 27.0. The van der Waals surface area contributed by atoms with Crippen LogP contribution in [-0.4, -0.2) is 34.1 Å². The highest BCUT2D eigenvalue weighted by Crippen LogP contribution is 2.30. The second-order valence-corrected chi connectivity index (χ2v) is 8.96. The number of benzene rings is 2. The molecular formula is C27H22F3N9. The van der Waals surface area contributed by atoms with Gasteiger partial charge in [0.15, 0.2) is 17.0 Å². The molecule has 0 aliphatic heterocycles. The van der Waals surface area contributed by atoms with Crippen LogP contribution in [0.2, 0.25) is 0 Å². The van der Waals surface area contributed by atoms with E-state index in [0.717, 1.165) is 28.7 Å². The summed E-state index contributed by atoms with van der Waals surface area (Å²) < 4.78 is 42.7. The number of para-hydroxylation sites is 2. The largest absolute Gasteiger partial charge is 0.416 e. The Morgan fingerprint density at radius 1 is 0.897 bits per heavy atom. The molecule has 0 spiro atoms. The SMILES string of the molecule is Cn1c(Nc2nc(NCc3cccnc3)c3ncn(Cc4ccc(C(F)(F)F)cc4)c3n2)nc2ccccc21. The summed E-state index contributed by atoms with van der Waals surface area (Å²) in [7, 11) is 1.90. The number of fused-ring (bicyclic) bond motifs is 2. The van der Waals surface area contributed by atoms with Crippen LogP contribution in [0, 0.1) is 0 Å². The highest BCUT2D eigenvalue weighted by Gasteiger charge is 2.30. The van der Waals surface area contributed by atoms with E-state index in [-0.39, 0.29) is 6.54 Å². The van der Waals surface area contributed by atoms with Crippen molar-refractivity contribution in [3.63, 3.8) is 0 Å². The minimum absolute atomic E-state index is 0.277. The number of hydrogen-bond donors (Lipinski definition) is 2. The number of nitrogens with one attached hydrogen (secondary N) is 2. The summed E-state index contributed by atoms with van der Waals surface area (Å²) in [5.74, 6) is 1.35. The van der Waals surface area contributed by atoms with E-state index in [1.807, 2.05) is 48.0 Å². The van der Waals surface area contributed by atoms with E-state index in [9.17, 15) is 13.2 Å². The predicted molar refractivity (Wildman–Crippen MR) is 141 cm³/mol. The minimum Gasteiger partial charge on any atom is -0.364 e. The Balaban J connectivity index is 1.37. The van der Waals surface area contributed by atoms with Crippen molar-refractivity contribution in [2.75, 3.05) is 10.6 Å². The van der Waals surface area contributed by atoms with Gasteiger partial charge >= 0.3 is 6.18 Å². The van der Waals surface area contributed by atoms with Crippen LogP contribution < -0.4 is 10.6 Å². The second-order valence-electron chi connectivity index (χ2n) is 8.96. The third-order valence-electron chi connectivity index (χ3n) is 6.29. The number of imidazole rings is 2. The first-order valence-corrected chi connectivity index (χ1v) is 12.1. The summed E-state index contributed by atoms with van der Waals surface area (Å²) in [5, 5.41) is 6.52. The molecule has 0 bridgehead atoms. The van der Waals surface area contributed by atoms with Gasteiger partial charge in [-0.05, 0) is 41.5 Å². The molecule has 0 aliphatic carbocycles. The Morgan fingerprint density at radius 2 is 1.72 bits per heavy atom. The molecule has 0 aliphatic rings. The molecule has 39 heavy (non-hydrogen) atoms. The number of hydrogen-bond acceptors (Lipinski definition) is 7. The first-order chi connectivity index (χ1) is 18.8. The van der Waals surface area contributed by atoms with E-state index in [1.54, 1.807) is 23.3 Å². The first-order valence-electron chi connectivity index (χ1n) is 12.1. The standard InChI is InChI=1S/C27H22F3N9/c1-38-21-7-3-2-6-20(21)34-26(38)37-25-35-23(32-14-18-5-4-12-31-13-18)22-24(36-25)39(16-33-22)15-17-8-10-19(11-9-17)27(28,29)30/h2-13,16H,14-15H2,1H3,(H2,32,34,35,36,37). The number of halogens is 3. The number of nitrogens with zero attached hydrogens (tertiary/aromatic N) is 7. The lowest BCUT2D eigenvalue weighted by Crippen LogP contribution is -2.09. The fourth-order valence-electron chi connectivity index (χ4n) is 4.28. The predicted octanol–water partition coefficient (Wildman–Crippen LogP) is 5.53. The molecule has 4 heterocycles. The molecule has 0 amide bonds. The van der Waals surface area contributed by atoms with Crippen LogP contribution in [0.5, 0.6) is 0 Å². The summed E-state index contributed by atoms with van der Waals surface area (Å²) >= 11 is 0. The fourth-order valence-corrected chi connectivity index (χ4v) is 4.28. The van der Waals surface area contributed by atoms with Crippen LogP contribution in [-0.2, 0) is 26.3 Å². The number of anilines is 3. The average molecular weight is 530 g/mol. The van der Waals surface area contributed by atoms with Crippen molar-refractivity contribution in [2.45, 2.75) is 19.3 Å². The zero-order valence-corrected chi connectivity index (χ0v) is 20.7. The van der Waals surface area contributed by atoms with Gasteiger partial charge in [-0.15, -0.1) is 0 Å². The second kappa shape index (κ2) is 9.71. The molecular weight excluding hydrogens is 507 g/mol. The summed E-state index contributed by atoms with van der Waals surface area (Å²) in [6.45, 7) is 0.733. The van der Waals surface area contributed by atoms with E-state index < -0.39 is 11.7 Å². The van der Waals surface area contributed by atoms with E-state index in [1.165, 1.54) is 12.1 Å². The van der Waals surface area contributed by atoms with Crippen LogP contribution in [0.25, 0.3) is 22.2 Å². The molecule has 0 saturated carbocycles. The Bertz CT molecular complexity index is 1760. The molecule has 2 N–H and O–H groups in total. The van der Waals surface area contributed by atoms with E-state index in [4.69, 9.17) is 4.98 Å². The Hall–Kier alpha value is -5.00. The maximum Gasteiger partial charge on any atom is 0.416 e.